The van der Waals surface area contributed by atoms with Gasteiger partial charge in [0.05, 0.1) is 0 Å². The van der Waals surface area contributed by atoms with Crippen molar-refractivity contribution in [3.63, 3.8) is 0 Å². The number of pyridine rings is 2. The predicted octanol–water partition coefficient (Wildman–Crippen LogP) is 4.59. The number of likely N-dealkylation sites (N-methyl/N-ethyl adjacent to an activating group) is 2. The Kier molecular flexibility index (Phi) is 13.5. The average molecular weight is 635 g/mol. The summed E-state index contributed by atoms with van der Waals surface area (Å²) in [5, 5.41) is 21.9. The topological polar surface area (TPSA) is 102 Å². The number of aromatic nitrogens is 2. The molecule has 11 heteroatoms. The van der Waals surface area contributed by atoms with Crippen LogP contribution in [-0.2, 0) is 0 Å². The second-order valence-corrected chi connectivity index (χ2v) is 13.2. The lowest BCUT2D eigenvalue weighted by Gasteiger charge is -2.39. The zero-order chi connectivity index (χ0) is 32.2. The van der Waals surface area contributed by atoms with E-state index in [0.717, 1.165) is 69.6 Å². The van der Waals surface area contributed by atoms with Crippen molar-refractivity contribution in [2.75, 3.05) is 94.2 Å². The third-order valence-electron chi connectivity index (χ3n) is 8.94. The van der Waals surface area contributed by atoms with Crippen LogP contribution in [0, 0.1) is 22.7 Å². The molecule has 4 aliphatic rings. The fourth-order valence-corrected chi connectivity index (χ4v) is 6.72. The Balaban J connectivity index is 0.000000172. The van der Waals surface area contributed by atoms with E-state index in [1.807, 2.05) is 18.2 Å². The maximum absolute atomic E-state index is 9.33. The number of hydrogen-bond donors (Lipinski definition) is 1. The van der Waals surface area contributed by atoms with Gasteiger partial charge in [-0.05, 0) is 84.7 Å². The number of rotatable bonds is 3. The number of piperidine rings is 2. The largest absolute Gasteiger partial charge is 0.371 e. The van der Waals surface area contributed by atoms with Crippen LogP contribution in [0.2, 0.25) is 5.15 Å². The van der Waals surface area contributed by atoms with E-state index in [2.05, 4.69) is 79.9 Å². The van der Waals surface area contributed by atoms with E-state index in [4.69, 9.17) is 16.9 Å². The molecule has 0 spiro atoms. The van der Waals surface area contributed by atoms with Gasteiger partial charge in [-0.3, -0.25) is 0 Å². The molecule has 0 aliphatic carbocycles. The van der Waals surface area contributed by atoms with E-state index in [-0.39, 0.29) is 0 Å². The number of nitrogens with one attached hydrogen (secondary N) is 1. The summed E-state index contributed by atoms with van der Waals surface area (Å²) in [4.78, 5) is 20.2. The maximum atomic E-state index is 9.33. The molecular weight excluding hydrogens is 584 g/mol. The van der Waals surface area contributed by atoms with Gasteiger partial charge in [-0.1, -0.05) is 11.6 Å². The summed E-state index contributed by atoms with van der Waals surface area (Å²) in [7, 11) is 4.32. The molecule has 4 aliphatic heterocycles. The molecule has 4 saturated heterocycles. The van der Waals surface area contributed by atoms with Crippen molar-refractivity contribution in [2.24, 2.45) is 0 Å². The van der Waals surface area contributed by atoms with E-state index < -0.39 is 0 Å². The highest BCUT2D eigenvalue weighted by atomic mass is 35.5. The van der Waals surface area contributed by atoms with Crippen molar-refractivity contribution in [1.82, 2.24) is 25.1 Å². The highest BCUT2D eigenvalue weighted by Gasteiger charge is 2.24. The molecule has 0 aromatic carbocycles. The van der Waals surface area contributed by atoms with Crippen LogP contribution in [0.4, 0.5) is 17.2 Å². The van der Waals surface area contributed by atoms with Crippen LogP contribution < -0.4 is 20.0 Å². The molecule has 0 radical (unpaired) electrons. The first-order chi connectivity index (χ1) is 21.7. The second kappa shape index (κ2) is 17.5. The Labute approximate surface area is 275 Å². The standard InChI is InChI=1S/C17H25N5.C11H12ClN3.C6H14N2/c1-14-13-20(2)8-9-22(14)17-11-16(10-15(12-18)19-17)21-6-4-3-5-7-21;12-11-7-10(6-9(8-13)14-11)15-4-2-1-3-5-15;1-6-5-8(2)4-3-7-6/h10-11,14H,3-9,13H2,1-2H3;6-7H,1-5H2;6-7H,3-5H2,1-2H3/t14-;;6-/m0.0/s1. The number of anilines is 3. The molecule has 4 fully saturated rings. The van der Waals surface area contributed by atoms with Crippen LogP contribution in [0.15, 0.2) is 24.3 Å². The lowest BCUT2D eigenvalue weighted by Crippen LogP contribution is -2.50. The minimum Gasteiger partial charge on any atom is -0.371 e. The first-order valence-corrected chi connectivity index (χ1v) is 17.0. The van der Waals surface area contributed by atoms with Crippen LogP contribution in [0.25, 0.3) is 0 Å². The van der Waals surface area contributed by atoms with Gasteiger partial charge in [-0.25, -0.2) is 9.97 Å². The molecule has 2 atom stereocenters. The first kappa shape index (κ1) is 34.7. The van der Waals surface area contributed by atoms with Crippen LogP contribution in [0.3, 0.4) is 0 Å². The van der Waals surface area contributed by atoms with Crippen LogP contribution >= 0.6 is 11.6 Å². The van der Waals surface area contributed by atoms with Gasteiger partial charge in [0, 0.05) is 95.0 Å². The van der Waals surface area contributed by atoms with Gasteiger partial charge >= 0.3 is 0 Å². The van der Waals surface area contributed by atoms with Crippen LogP contribution in [0.1, 0.15) is 63.8 Å². The summed E-state index contributed by atoms with van der Waals surface area (Å²) in [5.41, 5.74) is 3.10. The fraction of sp³-hybridized carbons (Fsp3) is 0.647. The summed E-state index contributed by atoms with van der Waals surface area (Å²) in [5.74, 6) is 0.959. The smallest absolute Gasteiger partial charge is 0.144 e. The molecule has 0 bridgehead atoms. The average Bonchev–Trinajstić information content (AvgIpc) is 3.05. The summed E-state index contributed by atoms with van der Waals surface area (Å²) in [6.45, 7) is 15.3. The number of hydrogen-bond acceptors (Lipinski definition) is 10. The summed E-state index contributed by atoms with van der Waals surface area (Å²) in [6, 6.07) is 13.1. The molecule has 10 nitrogen and oxygen atoms in total. The van der Waals surface area contributed by atoms with E-state index in [9.17, 15) is 5.26 Å². The van der Waals surface area contributed by atoms with Crippen molar-refractivity contribution in [3.8, 4) is 12.1 Å². The summed E-state index contributed by atoms with van der Waals surface area (Å²) in [6.07, 6.45) is 7.51. The zero-order valence-corrected chi connectivity index (χ0v) is 28.4. The van der Waals surface area contributed by atoms with Crippen LogP contribution in [0.5, 0.6) is 0 Å². The highest BCUT2D eigenvalue weighted by Crippen LogP contribution is 2.27. The van der Waals surface area contributed by atoms with Gasteiger partial charge in [0.1, 0.15) is 34.5 Å². The van der Waals surface area contributed by atoms with Gasteiger partial charge in [0.15, 0.2) is 0 Å². The zero-order valence-electron chi connectivity index (χ0n) is 27.7. The van der Waals surface area contributed by atoms with Crippen molar-refractivity contribution in [1.29, 1.82) is 10.5 Å². The van der Waals surface area contributed by atoms with Gasteiger partial charge in [-0.2, -0.15) is 10.5 Å². The Morgan fingerprint density at radius 3 is 1.78 bits per heavy atom. The quantitative estimate of drug-likeness (QED) is 0.483. The number of nitrogens with zero attached hydrogens (tertiary/aromatic N) is 9. The molecular formula is C34H51ClN10. The van der Waals surface area contributed by atoms with Gasteiger partial charge < -0.3 is 29.8 Å². The van der Waals surface area contributed by atoms with Gasteiger partial charge in [0.2, 0.25) is 0 Å². The van der Waals surface area contributed by atoms with Crippen molar-refractivity contribution in [3.05, 3.63) is 40.8 Å². The molecule has 1 N–H and O–H groups in total. The molecule has 6 heterocycles. The summed E-state index contributed by atoms with van der Waals surface area (Å²) < 4.78 is 0. The van der Waals surface area contributed by atoms with E-state index in [1.54, 1.807) is 6.07 Å². The number of nitriles is 2. The molecule has 0 unspecified atom stereocenters. The summed E-state index contributed by atoms with van der Waals surface area (Å²) >= 11 is 5.86. The minimum atomic E-state index is 0.392. The molecule has 0 amide bonds. The maximum Gasteiger partial charge on any atom is 0.144 e. The van der Waals surface area contributed by atoms with Crippen molar-refractivity contribution in [2.45, 2.75) is 64.5 Å². The minimum absolute atomic E-state index is 0.392. The van der Waals surface area contributed by atoms with E-state index >= 15 is 0 Å². The second-order valence-electron chi connectivity index (χ2n) is 12.8. The normalized spacial score (nSPS) is 22.7. The molecule has 244 valence electrons. The van der Waals surface area contributed by atoms with E-state index in [1.165, 1.54) is 51.6 Å². The highest BCUT2D eigenvalue weighted by molar-refractivity contribution is 6.29. The van der Waals surface area contributed by atoms with Crippen molar-refractivity contribution < 1.29 is 0 Å². The lowest BCUT2D eigenvalue weighted by molar-refractivity contribution is 0.248. The molecule has 2 aromatic rings. The van der Waals surface area contributed by atoms with Crippen LogP contribution in [-0.4, -0.2) is 111 Å². The Bertz CT molecular complexity index is 1290. The van der Waals surface area contributed by atoms with E-state index in [0.29, 0.717) is 28.6 Å². The Hall–Kier alpha value is -3.15. The SMILES string of the molecule is C[C@H]1CN(C)CCN1.C[C@H]1CN(C)CCN1c1cc(N2CCCCC2)cc(C#N)n1.N#Cc1cc(N2CCCCC2)cc(Cl)n1. The van der Waals surface area contributed by atoms with Crippen molar-refractivity contribution >= 4 is 28.8 Å². The van der Waals surface area contributed by atoms with Gasteiger partial charge in [0.25, 0.3) is 0 Å². The molecule has 45 heavy (non-hydrogen) atoms. The lowest BCUT2D eigenvalue weighted by atomic mass is 10.1. The third-order valence-corrected chi connectivity index (χ3v) is 9.14. The monoisotopic (exact) mass is 634 g/mol. The third kappa shape index (κ3) is 10.7. The fourth-order valence-electron chi connectivity index (χ4n) is 6.52. The first-order valence-electron chi connectivity index (χ1n) is 16.6. The molecule has 0 saturated carbocycles. The predicted molar refractivity (Wildman–Crippen MR) is 184 cm³/mol. The number of halogens is 1. The molecule has 6 rings (SSSR count). The van der Waals surface area contributed by atoms with Gasteiger partial charge in [-0.15, -0.1) is 0 Å². The molecule has 2 aromatic heterocycles. The Morgan fingerprint density at radius 2 is 1.27 bits per heavy atom. The Morgan fingerprint density at radius 1 is 0.711 bits per heavy atom. The number of piperazine rings is 2.